The number of aryl methyl sites for hydroxylation is 1. The Labute approximate surface area is 172 Å². The van der Waals surface area contributed by atoms with Gasteiger partial charge >= 0.3 is 0 Å². The fourth-order valence-corrected chi connectivity index (χ4v) is 4.09. The third kappa shape index (κ3) is 3.72. The average molecular weight is 415 g/mol. The fraction of sp³-hybridized carbons (Fsp3) is 0.250. The van der Waals surface area contributed by atoms with E-state index in [1.54, 1.807) is 17.5 Å². The first-order chi connectivity index (χ1) is 13.5. The SMILES string of the molecule is C[C@@H](Sc1nccn1C)C(=O)N1N=C(c2ccc(Cl)cc2)C[C@@H]1c1ccco1. The number of amides is 1. The summed E-state index contributed by atoms with van der Waals surface area (Å²) in [6, 6.07) is 10.9. The molecule has 0 saturated heterocycles. The Morgan fingerprint density at radius 1 is 1.32 bits per heavy atom. The van der Waals surface area contributed by atoms with E-state index in [0.29, 0.717) is 11.4 Å². The van der Waals surface area contributed by atoms with Gasteiger partial charge in [-0.05, 0) is 36.8 Å². The number of furan rings is 1. The standard InChI is InChI=1S/C20H19ClN4O2S/c1-13(28-20-22-9-10-24(20)2)19(26)25-17(18-4-3-11-27-18)12-16(23-25)14-5-7-15(21)8-6-14/h3-11,13,17H,12H2,1-2H3/t13-,17-/m1/s1. The summed E-state index contributed by atoms with van der Waals surface area (Å²) in [5.41, 5.74) is 1.78. The van der Waals surface area contributed by atoms with Gasteiger partial charge in [-0.1, -0.05) is 35.5 Å². The number of rotatable bonds is 5. The lowest BCUT2D eigenvalue weighted by atomic mass is 10.0. The van der Waals surface area contributed by atoms with Gasteiger partial charge in [0.25, 0.3) is 5.91 Å². The van der Waals surface area contributed by atoms with Crippen molar-refractivity contribution in [1.82, 2.24) is 14.6 Å². The van der Waals surface area contributed by atoms with Gasteiger partial charge < -0.3 is 8.98 Å². The summed E-state index contributed by atoms with van der Waals surface area (Å²) in [6.07, 6.45) is 5.78. The number of hydrazone groups is 1. The van der Waals surface area contributed by atoms with Crippen LogP contribution in [0.4, 0.5) is 0 Å². The van der Waals surface area contributed by atoms with E-state index in [9.17, 15) is 4.79 Å². The number of imidazole rings is 1. The van der Waals surface area contributed by atoms with Gasteiger partial charge in [0, 0.05) is 30.9 Å². The lowest BCUT2D eigenvalue weighted by Gasteiger charge is -2.22. The van der Waals surface area contributed by atoms with Crippen LogP contribution >= 0.6 is 23.4 Å². The minimum absolute atomic E-state index is 0.0848. The summed E-state index contributed by atoms with van der Waals surface area (Å²) in [5, 5.41) is 7.31. The van der Waals surface area contributed by atoms with Crippen LogP contribution in [0.2, 0.25) is 5.02 Å². The molecule has 0 spiro atoms. The fourth-order valence-electron chi connectivity index (χ4n) is 3.09. The summed E-state index contributed by atoms with van der Waals surface area (Å²) >= 11 is 7.41. The predicted octanol–water partition coefficient (Wildman–Crippen LogP) is 4.53. The molecule has 4 rings (SSSR count). The van der Waals surface area contributed by atoms with E-state index >= 15 is 0 Å². The molecule has 8 heteroatoms. The van der Waals surface area contributed by atoms with Crippen LogP contribution in [-0.2, 0) is 11.8 Å². The molecule has 1 amide bonds. The van der Waals surface area contributed by atoms with Crippen molar-refractivity contribution in [3.8, 4) is 0 Å². The van der Waals surface area contributed by atoms with Gasteiger partial charge in [-0.25, -0.2) is 9.99 Å². The molecule has 2 atom stereocenters. The largest absolute Gasteiger partial charge is 0.467 e. The van der Waals surface area contributed by atoms with Gasteiger partial charge in [0.1, 0.15) is 11.8 Å². The smallest absolute Gasteiger partial charge is 0.256 e. The van der Waals surface area contributed by atoms with E-state index in [1.807, 2.05) is 61.1 Å². The summed E-state index contributed by atoms with van der Waals surface area (Å²) < 4.78 is 7.49. The van der Waals surface area contributed by atoms with Crippen LogP contribution in [0, 0.1) is 0 Å². The van der Waals surface area contributed by atoms with Crippen LogP contribution in [0.3, 0.4) is 0 Å². The molecular formula is C20H19ClN4O2S. The van der Waals surface area contributed by atoms with E-state index in [1.165, 1.54) is 11.8 Å². The van der Waals surface area contributed by atoms with Gasteiger partial charge in [0.2, 0.25) is 0 Å². The molecule has 0 aliphatic carbocycles. The van der Waals surface area contributed by atoms with Crippen LogP contribution in [0.15, 0.2) is 69.7 Å². The maximum Gasteiger partial charge on any atom is 0.256 e. The second-order valence-electron chi connectivity index (χ2n) is 6.55. The van der Waals surface area contributed by atoms with Crippen molar-refractivity contribution < 1.29 is 9.21 Å². The van der Waals surface area contributed by atoms with Gasteiger partial charge in [0.05, 0.1) is 17.2 Å². The maximum absolute atomic E-state index is 13.2. The van der Waals surface area contributed by atoms with E-state index < -0.39 is 0 Å². The number of hydrogen-bond acceptors (Lipinski definition) is 5. The molecule has 0 N–H and O–H groups in total. The molecular weight excluding hydrogens is 396 g/mol. The molecule has 3 aromatic rings. The number of thioether (sulfide) groups is 1. The number of halogens is 1. The minimum Gasteiger partial charge on any atom is -0.467 e. The van der Waals surface area contributed by atoms with Crippen LogP contribution in [0.1, 0.15) is 30.7 Å². The maximum atomic E-state index is 13.2. The zero-order chi connectivity index (χ0) is 19.7. The highest BCUT2D eigenvalue weighted by molar-refractivity contribution is 8.00. The molecule has 1 aromatic carbocycles. The number of nitrogens with zero attached hydrogens (tertiary/aromatic N) is 4. The van der Waals surface area contributed by atoms with Gasteiger partial charge in [-0.15, -0.1) is 0 Å². The lowest BCUT2D eigenvalue weighted by Crippen LogP contribution is -2.33. The summed E-state index contributed by atoms with van der Waals surface area (Å²) in [4.78, 5) is 17.5. The molecule has 0 unspecified atom stereocenters. The number of hydrogen-bond donors (Lipinski definition) is 0. The molecule has 0 radical (unpaired) electrons. The number of aromatic nitrogens is 2. The first-order valence-corrected chi connectivity index (χ1v) is 10.1. The third-order valence-electron chi connectivity index (χ3n) is 4.59. The molecule has 0 bridgehead atoms. The van der Waals surface area contributed by atoms with Crippen molar-refractivity contribution in [2.24, 2.45) is 12.1 Å². The van der Waals surface area contributed by atoms with Crippen molar-refractivity contribution in [2.75, 3.05) is 0 Å². The molecule has 6 nitrogen and oxygen atoms in total. The lowest BCUT2D eigenvalue weighted by molar-refractivity contribution is -0.132. The number of carbonyl (C=O) groups is 1. The third-order valence-corrected chi connectivity index (χ3v) is 6.00. The van der Waals surface area contributed by atoms with Crippen molar-refractivity contribution in [3.63, 3.8) is 0 Å². The topological polar surface area (TPSA) is 63.6 Å². The van der Waals surface area contributed by atoms with Crippen molar-refractivity contribution in [3.05, 3.63) is 71.4 Å². The Hall–Kier alpha value is -2.51. The Morgan fingerprint density at radius 2 is 2.11 bits per heavy atom. The molecule has 1 aliphatic heterocycles. The minimum atomic E-state index is -0.341. The van der Waals surface area contributed by atoms with Crippen molar-refractivity contribution in [2.45, 2.75) is 29.8 Å². The van der Waals surface area contributed by atoms with Crippen molar-refractivity contribution >= 4 is 35.0 Å². The van der Waals surface area contributed by atoms with E-state index in [2.05, 4.69) is 10.1 Å². The molecule has 0 fully saturated rings. The monoisotopic (exact) mass is 414 g/mol. The normalized spacial score (nSPS) is 17.6. The highest BCUT2D eigenvalue weighted by atomic mass is 35.5. The summed E-state index contributed by atoms with van der Waals surface area (Å²) in [5.74, 6) is 0.633. The Balaban J connectivity index is 1.61. The first-order valence-electron chi connectivity index (χ1n) is 8.87. The quantitative estimate of drug-likeness (QED) is 0.575. The van der Waals surface area contributed by atoms with Gasteiger partial charge in [-0.3, -0.25) is 4.79 Å². The molecule has 1 aliphatic rings. The van der Waals surface area contributed by atoms with Crippen LogP contribution in [-0.4, -0.2) is 31.4 Å². The molecule has 2 aromatic heterocycles. The van der Waals surface area contributed by atoms with E-state index in [4.69, 9.17) is 16.0 Å². The highest BCUT2D eigenvalue weighted by Crippen LogP contribution is 2.35. The highest BCUT2D eigenvalue weighted by Gasteiger charge is 2.37. The van der Waals surface area contributed by atoms with Gasteiger partial charge in [-0.2, -0.15) is 5.10 Å². The molecule has 28 heavy (non-hydrogen) atoms. The zero-order valence-electron chi connectivity index (χ0n) is 15.4. The van der Waals surface area contributed by atoms with E-state index in [0.717, 1.165) is 22.2 Å². The number of carbonyl (C=O) groups excluding carboxylic acids is 1. The van der Waals surface area contributed by atoms with Crippen LogP contribution in [0.5, 0.6) is 0 Å². The van der Waals surface area contributed by atoms with Gasteiger partial charge in [0.15, 0.2) is 5.16 Å². The Bertz CT molecular complexity index is 998. The second-order valence-corrected chi connectivity index (χ2v) is 8.30. The zero-order valence-corrected chi connectivity index (χ0v) is 17.0. The van der Waals surface area contributed by atoms with Crippen LogP contribution < -0.4 is 0 Å². The predicted molar refractivity (Wildman–Crippen MR) is 109 cm³/mol. The Kier molecular flexibility index (Phi) is 5.28. The molecule has 0 saturated carbocycles. The number of benzene rings is 1. The van der Waals surface area contributed by atoms with Crippen molar-refractivity contribution in [1.29, 1.82) is 0 Å². The average Bonchev–Trinajstić information content (AvgIpc) is 3.43. The van der Waals surface area contributed by atoms with E-state index in [-0.39, 0.29) is 17.2 Å². The van der Waals surface area contributed by atoms with Crippen LogP contribution in [0.25, 0.3) is 0 Å². The molecule has 3 heterocycles. The Morgan fingerprint density at radius 3 is 2.75 bits per heavy atom. The first kappa shape index (κ1) is 18.8. The second kappa shape index (κ2) is 7.85. The molecule has 144 valence electrons. The summed E-state index contributed by atoms with van der Waals surface area (Å²) in [6.45, 7) is 1.87. The summed E-state index contributed by atoms with van der Waals surface area (Å²) in [7, 11) is 1.91.